The van der Waals surface area contributed by atoms with E-state index in [0.29, 0.717) is 32.2 Å². The summed E-state index contributed by atoms with van der Waals surface area (Å²) in [7, 11) is 0. The second kappa shape index (κ2) is 6.12. The van der Waals surface area contributed by atoms with Crippen LogP contribution in [0.25, 0.3) is 0 Å². The number of anilines is 1. The summed E-state index contributed by atoms with van der Waals surface area (Å²) in [6, 6.07) is -0.0631. The molecule has 22 heavy (non-hydrogen) atoms. The first-order valence-electron chi connectivity index (χ1n) is 8.30. The fourth-order valence-corrected chi connectivity index (χ4v) is 4.08. The highest BCUT2D eigenvalue weighted by Gasteiger charge is 2.35. The van der Waals surface area contributed by atoms with E-state index >= 15 is 0 Å². The zero-order chi connectivity index (χ0) is 14.9. The van der Waals surface area contributed by atoms with Crippen LogP contribution in [0, 0.1) is 0 Å². The lowest BCUT2D eigenvalue weighted by atomic mass is 10.0. The number of nitrogens with zero attached hydrogens (tertiary/aromatic N) is 4. The van der Waals surface area contributed by atoms with Crippen LogP contribution in [0.5, 0.6) is 0 Å². The van der Waals surface area contributed by atoms with E-state index in [1.54, 1.807) is 0 Å². The Kier molecular flexibility index (Phi) is 4.00. The highest BCUT2D eigenvalue weighted by atomic mass is 32.1. The number of morpholine rings is 1. The summed E-state index contributed by atoms with van der Waals surface area (Å²) in [5.74, 6) is 1.80. The largest absolute Gasteiger partial charge is 0.378 e. The van der Waals surface area contributed by atoms with Crippen molar-refractivity contribution in [2.24, 2.45) is 0 Å². The molecular weight excluding hydrogens is 300 g/mol. The monoisotopic (exact) mass is 322 g/mol. The molecule has 0 bridgehead atoms. The van der Waals surface area contributed by atoms with Gasteiger partial charge in [0.25, 0.3) is 0 Å². The van der Waals surface area contributed by atoms with Crippen molar-refractivity contribution >= 4 is 22.6 Å². The van der Waals surface area contributed by atoms with E-state index in [1.165, 1.54) is 24.4 Å². The Hall–Kier alpha value is -1.21. The molecule has 1 saturated carbocycles. The van der Waals surface area contributed by atoms with Crippen LogP contribution in [0.2, 0.25) is 0 Å². The maximum absolute atomic E-state index is 12.9. The minimum Gasteiger partial charge on any atom is -0.378 e. The summed E-state index contributed by atoms with van der Waals surface area (Å²) in [6.07, 6.45) is 5.60. The zero-order valence-corrected chi connectivity index (χ0v) is 13.6. The molecule has 0 aromatic carbocycles. The summed E-state index contributed by atoms with van der Waals surface area (Å²) in [5.41, 5.74) is 0. The summed E-state index contributed by atoms with van der Waals surface area (Å²) >= 11 is 1.46. The van der Waals surface area contributed by atoms with E-state index in [9.17, 15) is 4.79 Å². The predicted octanol–water partition coefficient (Wildman–Crippen LogP) is 1.63. The Bertz CT molecular complexity index is 539. The molecule has 3 heterocycles. The van der Waals surface area contributed by atoms with Crippen LogP contribution in [-0.2, 0) is 9.53 Å². The van der Waals surface area contributed by atoms with Gasteiger partial charge in [0.15, 0.2) is 0 Å². The van der Waals surface area contributed by atoms with Gasteiger partial charge in [-0.15, -0.1) is 0 Å². The maximum Gasteiger partial charge on any atom is 0.245 e. The zero-order valence-electron chi connectivity index (χ0n) is 12.7. The molecule has 2 aliphatic heterocycles. The van der Waals surface area contributed by atoms with Crippen LogP contribution >= 0.6 is 11.5 Å². The van der Waals surface area contributed by atoms with Crippen LogP contribution < -0.4 is 4.90 Å². The fourth-order valence-electron chi connectivity index (χ4n) is 3.26. The SMILES string of the molecule is O=C(C1CCCCN1c1nc(C2CC2)ns1)N1CCOCC1. The number of amides is 1. The molecule has 0 N–H and O–H groups in total. The molecule has 7 heteroatoms. The van der Waals surface area contributed by atoms with Crippen LogP contribution in [0.15, 0.2) is 0 Å². The summed E-state index contributed by atoms with van der Waals surface area (Å²) in [5, 5.41) is 0.938. The number of aromatic nitrogens is 2. The molecule has 2 saturated heterocycles. The predicted molar refractivity (Wildman–Crippen MR) is 84.3 cm³/mol. The molecule has 6 nitrogen and oxygen atoms in total. The smallest absolute Gasteiger partial charge is 0.245 e. The first kappa shape index (κ1) is 14.4. The minimum atomic E-state index is -0.0631. The van der Waals surface area contributed by atoms with Crippen LogP contribution in [-0.4, -0.2) is 59.1 Å². The molecule has 120 valence electrons. The number of piperidine rings is 1. The van der Waals surface area contributed by atoms with Crippen molar-refractivity contribution in [1.29, 1.82) is 0 Å². The molecule has 1 aliphatic carbocycles. The molecule has 0 radical (unpaired) electrons. The van der Waals surface area contributed by atoms with Crippen LogP contribution in [0.4, 0.5) is 5.13 Å². The molecule has 1 aromatic rings. The van der Waals surface area contributed by atoms with Gasteiger partial charge in [0.1, 0.15) is 11.9 Å². The van der Waals surface area contributed by atoms with Gasteiger partial charge in [-0.3, -0.25) is 4.79 Å². The molecule has 3 fully saturated rings. The third-order valence-electron chi connectivity index (χ3n) is 4.73. The Morgan fingerprint density at radius 3 is 2.73 bits per heavy atom. The van der Waals surface area contributed by atoms with Crippen molar-refractivity contribution in [3.8, 4) is 0 Å². The molecule has 1 aromatic heterocycles. The molecule has 3 aliphatic rings. The van der Waals surface area contributed by atoms with Crippen molar-refractivity contribution in [1.82, 2.24) is 14.3 Å². The van der Waals surface area contributed by atoms with Crippen LogP contribution in [0.1, 0.15) is 43.8 Å². The summed E-state index contributed by atoms with van der Waals surface area (Å²) in [6.45, 7) is 3.66. The van der Waals surface area contributed by atoms with E-state index in [1.807, 2.05) is 4.90 Å². The molecule has 1 amide bonds. The van der Waals surface area contributed by atoms with Crippen molar-refractivity contribution in [2.75, 3.05) is 37.7 Å². The molecule has 0 spiro atoms. The first-order chi connectivity index (χ1) is 10.8. The van der Waals surface area contributed by atoms with Gasteiger partial charge in [-0.05, 0) is 32.1 Å². The van der Waals surface area contributed by atoms with Gasteiger partial charge in [0.05, 0.1) is 13.2 Å². The third-order valence-corrected chi connectivity index (χ3v) is 5.50. The van der Waals surface area contributed by atoms with Crippen LogP contribution in [0.3, 0.4) is 0 Å². The van der Waals surface area contributed by atoms with E-state index in [2.05, 4.69) is 9.27 Å². The average molecular weight is 322 g/mol. The summed E-state index contributed by atoms with van der Waals surface area (Å²) < 4.78 is 9.86. The lowest BCUT2D eigenvalue weighted by molar-refractivity contribution is -0.137. The second-order valence-corrected chi connectivity index (χ2v) is 7.08. The van der Waals surface area contributed by atoms with E-state index in [-0.39, 0.29) is 11.9 Å². The molecule has 1 unspecified atom stereocenters. The summed E-state index contributed by atoms with van der Waals surface area (Å²) in [4.78, 5) is 21.7. The minimum absolute atomic E-state index is 0.0631. The molecular formula is C15H22N4O2S. The Morgan fingerprint density at radius 1 is 1.14 bits per heavy atom. The van der Waals surface area contributed by atoms with Gasteiger partial charge in [-0.2, -0.15) is 4.37 Å². The topological polar surface area (TPSA) is 58.6 Å². The average Bonchev–Trinajstić information content (AvgIpc) is 3.32. The Balaban J connectivity index is 1.51. The van der Waals surface area contributed by atoms with Gasteiger partial charge >= 0.3 is 0 Å². The maximum atomic E-state index is 12.9. The lowest BCUT2D eigenvalue weighted by Gasteiger charge is -2.38. The van der Waals surface area contributed by atoms with Gasteiger partial charge in [0, 0.05) is 37.1 Å². The Morgan fingerprint density at radius 2 is 1.95 bits per heavy atom. The Labute approximate surface area is 134 Å². The van der Waals surface area contributed by atoms with Crippen molar-refractivity contribution < 1.29 is 9.53 Å². The lowest BCUT2D eigenvalue weighted by Crippen LogP contribution is -2.53. The fraction of sp³-hybridized carbons (Fsp3) is 0.800. The number of carbonyl (C=O) groups is 1. The van der Waals surface area contributed by atoms with Crippen molar-refractivity contribution in [2.45, 2.75) is 44.1 Å². The van der Waals surface area contributed by atoms with E-state index in [4.69, 9.17) is 9.72 Å². The van der Waals surface area contributed by atoms with Gasteiger partial charge in [-0.25, -0.2) is 4.98 Å². The number of carbonyl (C=O) groups excluding carboxylic acids is 1. The molecule has 4 rings (SSSR count). The number of hydrogen-bond donors (Lipinski definition) is 0. The van der Waals surface area contributed by atoms with Crippen molar-refractivity contribution in [3.63, 3.8) is 0 Å². The normalized spacial score (nSPS) is 26.3. The second-order valence-electron chi connectivity index (χ2n) is 6.35. The van der Waals surface area contributed by atoms with Gasteiger partial charge in [0.2, 0.25) is 11.0 Å². The van der Waals surface area contributed by atoms with E-state index < -0.39 is 0 Å². The highest BCUT2D eigenvalue weighted by molar-refractivity contribution is 7.09. The molecule has 1 atom stereocenters. The van der Waals surface area contributed by atoms with Crippen molar-refractivity contribution in [3.05, 3.63) is 5.82 Å². The van der Waals surface area contributed by atoms with Gasteiger partial charge < -0.3 is 14.5 Å². The standard InChI is InChI=1S/C15H22N4O2S/c20-14(18-7-9-21-10-8-18)12-3-1-2-6-19(12)15-16-13(17-22-15)11-4-5-11/h11-12H,1-10H2. The van der Waals surface area contributed by atoms with E-state index in [0.717, 1.165) is 36.8 Å². The first-order valence-corrected chi connectivity index (χ1v) is 9.07. The quantitative estimate of drug-likeness (QED) is 0.846. The third kappa shape index (κ3) is 2.84. The number of hydrogen-bond acceptors (Lipinski definition) is 6. The number of rotatable bonds is 3. The highest BCUT2D eigenvalue weighted by Crippen LogP contribution is 2.40. The van der Waals surface area contributed by atoms with Gasteiger partial charge in [-0.1, -0.05) is 0 Å². The number of ether oxygens (including phenoxy) is 1.